The summed E-state index contributed by atoms with van der Waals surface area (Å²) in [7, 11) is 1.57. The van der Waals surface area contributed by atoms with Crippen molar-refractivity contribution in [1.29, 1.82) is 0 Å². The Bertz CT molecular complexity index is 868. The van der Waals surface area contributed by atoms with E-state index in [0.29, 0.717) is 18.1 Å². The lowest BCUT2D eigenvalue weighted by atomic mass is 10.1. The second kappa shape index (κ2) is 6.12. The smallest absolute Gasteiger partial charge is 0.267 e. The van der Waals surface area contributed by atoms with Crippen LogP contribution in [0.3, 0.4) is 0 Å². The van der Waals surface area contributed by atoms with E-state index >= 15 is 0 Å². The van der Waals surface area contributed by atoms with Gasteiger partial charge in [-0.2, -0.15) is 0 Å². The summed E-state index contributed by atoms with van der Waals surface area (Å²) in [6.07, 6.45) is 1.66. The number of rotatable bonds is 4. The summed E-state index contributed by atoms with van der Waals surface area (Å²) >= 11 is 0. The number of hydrogen-bond donors (Lipinski definition) is 2. The normalized spacial score (nSPS) is 10.7. The van der Waals surface area contributed by atoms with Gasteiger partial charge in [-0.15, -0.1) is 0 Å². The number of fused-ring (bicyclic) bond motifs is 1. The molecule has 0 bridgehead atoms. The number of aromatic nitrogens is 2. The van der Waals surface area contributed by atoms with Gasteiger partial charge in [0.1, 0.15) is 5.69 Å². The van der Waals surface area contributed by atoms with E-state index in [1.165, 1.54) is 5.56 Å². The Morgan fingerprint density at radius 1 is 1.26 bits per heavy atom. The number of aromatic amines is 1. The first-order valence-electron chi connectivity index (χ1n) is 7.44. The molecular formula is C18H19N3O2. The Labute approximate surface area is 134 Å². The van der Waals surface area contributed by atoms with E-state index in [1.54, 1.807) is 19.4 Å². The number of carbonyl (C=O) groups excluding carboxylic acids is 1. The number of amides is 1. The minimum atomic E-state index is -0.131. The molecule has 1 amide bonds. The van der Waals surface area contributed by atoms with Gasteiger partial charge in [-0.1, -0.05) is 6.07 Å². The second-order valence-electron chi connectivity index (χ2n) is 5.62. The Kier molecular flexibility index (Phi) is 4.02. The summed E-state index contributed by atoms with van der Waals surface area (Å²) < 4.78 is 5.08. The van der Waals surface area contributed by atoms with Crippen molar-refractivity contribution in [3.63, 3.8) is 0 Å². The summed E-state index contributed by atoms with van der Waals surface area (Å²) in [6, 6.07) is 9.71. The molecule has 2 N–H and O–H groups in total. The molecule has 0 atom stereocenters. The van der Waals surface area contributed by atoms with Crippen molar-refractivity contribution < 1.29 is 9.53 Å². The third-order valence-corrected chi connectivity index (χ3v) is 3.80. The summed E-state index contributed by atoms with van der Waals surface area (Å²) in [4.78, 5) is 19.6. The number of nitrogens with zero attached hydrogens (tertiary/aromatic N) is 1. The van der Waals surface area contributed by atoms with Crippen LogP contribution in [0, 0.1) is 13.8 Å². The van der Waals surface area contributed by atoms with Crippen LogP contribution in [-0.4, -0.2) is 23.0 Å². The number of pyridine rings is 1. The zero-order chi connectivity index (χ0) is 16.4. The molecule has 0 fully saturated rings. The molecule has 5 heteroatoms. The molecule has 0 aliphatic rings. The van der Waals surface area contributed by atoms with Crippen LogP contribution in [0.2, 0.25) is 0 Å². The fourth-order valence-electron chi connectivity index (χ4n) is 2.67. The van der Waals surface area contributed by atoms with Gasteiger partial charge >= 0.3 is 0 Å². The molecule has 0 saturated heterocycles. The van der Waals surface area contributed by atoms with Gasteiger partial charge < -0.3 is 15.0 Å². The number of benzene rings is 1. The summed E-state index contributed by atoms with van der Waals surface area (Å²) in [5.74, 6) is 0.405. The monoisotopic (exact) mass is 309 g/mol. The van der Waals surface area contributed by atoms with E-state index in [1.807, 2.05) is 32.0 Å². The predicted octanol–water partition coefficient (Wildman–Crippen LogP) is 3.12. The number of ether oxygens (including phenoxy) is 1. The Balaban J connectivity index is 1.76. The molecule has 118 valence electrons. The van der Waals surface area contributed by atoms with Crippen LogP contribution in [0.1, 0.15) is 27.2 Å². The van der Waals surface area contributed by atoms with Crippen LogP contribution in [0.5, 0.6) is 5.88 Å². The molecule has 0 saturated carbocycles. The predicted molar refractivity (Wildman–Crippen MR) is 89.7 cm³/mol. The third-order valence-electron chi connectivity index (χ3n) is 3.80. The van der Waals surface area contributed by atoms with Crippen molar-refractivity contribution in [1.82, 2.24) is 15.3 Å². The minimum Gasteiger partial charge on any atom is -0.481 e. The fraction of sp³-hybridized carbons (Fsp3) is 0.222. The highest BCUT2D eigenvalue weighted by Crippen LogP contribution is 2.21. The number of H-pyrrole nitrogens is 1. The van der Waals surface area contributed by atoms with Gasteiger partial charge in [-0.05, 0) is 48.7 Å². The van der Waals surface area contributed by atoms with Crippen molar-refractivity contribution in [2.75, 3.05) is 7.11 Å². The van der Waals surface area contributed by atoms with Crippen LogP contribution in [0.15, 0.2) is 36.5 Å². The quantitative estimate of drug-likeness (QED) is 0.778. The minimum absolute atomic E-state index is 0.131. The average molecular weight is 309 g/mol. The summed E-state index contributed by atoms with van der Waals surface area (Å²) in [5.41, 5.74) is 4.82. The first kappa shape index (κ1) is 15.1. The molecule has 0 aliphatic heterocycles. The lowest BCUT2D eigenvalue weighted by molar-refractivity contribution is 0.0946. The number of aryl methyl sites for hydroxylation is 2. The van der Waals surface area contributed by atoms with Crippen molar-refractivity contribution in [2.24, 2.45) is 0 Å². The molecule has 0 radical (unpaired) electrons. The number of methoxy groups -OCH3 is 1. The SMILES string of the molecule is COc1cc(CNC(=O)c2cc3c(C)cc(C)cc3[nH]2)ccn1. The third kappa shape index (κ3) is 3.18. The van der Waals surface area contributed by atoms with Gasteiger partial charge in [0.2, 0.25) is 5.88 Å². The van der Waals surface area contributed by atoms with Crippen molar-refractivity contribution >= 4 is 16.8 Å². The zero-order valence-electron chi connectivity index (χ0n) is 13.4. The average Bonchev–Trinajstić information content (AvgIpc) is 2.97. The van der Waals surface area contributed by atoms with Crippen LogP contribution >= 0.6 is 0 Å². The summed E-state index contributed by atoms with van der Waals surface area (Å²) in [5, 5.41) is 3.98. The molecule has 0 spiro atoms. The molecule has 3 aromatic rings. The highest BCUT2D eigenvalue weighted by atomic mass is 16.5. The highest BCUT2D eigenvalue weighted by Gasteiger charge is 2.11. The molecule has 2 aromatic heterocycles. The maximum Gasteiger partial charge on any atom is 0.267 e. The molecule has 23 heavy (non-hydrogen) atoms. The zero-order valence-corrected chi connectivity index (χ0v) is 13.4. The second-order valence-corrected chi connectivity index (χ2v) is 5.62. The molecule has 5 nitrogen and oxygen atoms in total. The number of hydrogen-bond acceptors (Lipinski definition) is 3. The molecule has 3 rings (SSSR count). The van der Waals surface area contributed by atoms with E-state index in [-0.39, 0.29) is 5.91 Å². The van der Waals surface area contributed by atoms with E-state index in [4.69, 9.17) is 4.74 Å². The molecule has 0 unspecified atom stereocenters. The lowest BCUT2D eigenvalue weighted by Crippen LogP contribution is -2.23. The topological polar surface area (TPSA) is 67.0 Å². The molecule has 1 aromatic carbocycles. The van der Waals surface area contributed by atoms with Gasteiger partial charge in [-0.25, -0.2) is 4.98 Å². The molecular weight excluding hydrogens is 290 g/mol. The van der Waals surface area contributed by atoms with Crippen LogP contribution < -0.4 is 10.1 Å². The van der Waals surface area contributed by atoms with Crippen LogP contribution in [-0.2, 0) is 6.54 Å². The van der Waals surface area contributed by atoms with Crippen molar-refractivity contribution in [3.05, 3.63) is 58.9 Å². The standard InChI is InChI=1S/C18H19N3O2/c1-11-6-12(2)14-9-16(21-15(14)7-11)18(22)20-10-13-4-5-19-17(8-13)23-3/h4-9,21H,10H2,1-3H3,(H,20,22). The number of nitrogens with one attached hydrogen (secondary N) is 2. The van der Waals surface area contributed by atoms with Gasteiger partial charge in [0.25, 0.3) is 5.91 Å². The van der Waals surface area contributed by atoms with Crippen LogP contribution in [0.4, 0.5) is 0 Å². The first-order valence-corrected chi connectivity index (χ1v) is 7.44. The largest absolute Gasteiger partial charge is 0.481 e. The maximum atomic E-state index is 12.3. The summed E-state index contributed by atoms with van der Waals surface area (Å²) in [6.45, 7) is 4.52. The van der Waals surface area contributed by atoms with Crippen molar-refractivity contribution in [3.8, 4) is 5.88 Å². The fourth-order valence-corrected chi connectivity index (χ4v) is 2.67. The number of carbonyl (C=O) groups is 1. The maximum absolute atomic E-state index is 12.3. The Morgan fingerprint density at radius 3 is 2.87 bits per heavy atom. The highest BCUT2D eigenvalue weighted by molar-refractivity contribution is 5.98. The molecule has 2 heterocycles. The van der Waals surface area contributed by atoms with Gasteiger partial charge in [0, 0.05) is 29.7 Å². The van der Waals surface area contributed by atoms with E-state index in [2.05, 4.69) is 21.4 Å². The van der Waals surface area contributed by atoms with E-state index in [9.17, 15) is 4.79 Å². The van der Waals surface area contributed by atoms with Gasteiger partial charge in [0.05, 0.1) is 7.11 Å². The van der Waals surface area contributed by atoms with Crippen molar-refractivity contribution in [2.45, 2.75) is 20.4 Å². The van der Waals surface area contributed by atoms with Gasteiger partial charge in [-0.3, -0.25) is 4.79 Å². The van der Waals surface area contributed by atoms with E-state index < -0.39 is 0 Å². The van der Waals surface area contributed by atoms with E-state index in [0.717, 1.165) is 22.0 Å². The lowest BCUT2D eigenvalue weighted by Gasteiger charge is -2.05. The molecule has 0 aliphatic carbocycles. The van der Waals surface area contributed by atoms with Crippen LogP contribution in [0.25, 0.3) is 10.9 Å². The Morgan fingerprint density at radius 2 is 2.09 bits per heavy atom. The van der Waals surface area contributed by atoms with Gasteiger partial charge in [0.15, 0.2) is 0 Å². The Hall–Kier alpha value is -2.82. The first-order chi connectivity index (χ1) is 11.1.